The van der Waals surface area contributed by atoms with Crippen LogP contribution in [0.5, 0.6) is 0 Å². The lowest BCUT2D eigenvalue weighted by Gasteiger charge is -2.15. The maximum absolute atomic E-state index is 5.14. The lowest BCUT2D eigenvalue weighted by Crippen LogP contribution is -2.02. The number of nitrogens with zero attached hydrogens (tertiary/aromatic N) is 6. The van der Waals surface area contributed by atoms with Crippen molar-refractivity contribution < 1.29 is 0 Å². The molecule has 0 radical (unpaired) electrons. The van der Waals surface area contributed by atoms with Crippen LogP contribution in [-0.4, -0.2) is 28.7 Å². The molecule has 0 atom stereocenters. The molecule has 9 aromatic carbocycles. The average Bonchev–Trinajstić information content (AvgIpc) is 4.01. The second kappa shape index (κ2) is 14.0. The molecule has 0 fully saturated rings. The Hall–Kier alpha value is -8.61. The van der Waals surface area contributed by atoms with Gasteiger partial charge in [0.05, 0.1) is 44.5 Å². The Morgan fingerprint density at radius 1 is 0.270 bits per heavy atom. The van der Waals surface area contributed by atoms with Gasteiger partial charge < -0.3 is 13.7 Å². The summed E-state index contributed by atoms with van der Waals surface area (Å²) in [5.41, 5.74) is 12.9. The summed E-state index contributed by atoms with van der Waals surface area (Å²) in [6, 6.07) is 77.4. The Kier molecular flexibility index (Phi) is 7.80. The van der Waals surface area contributed by atoms with Crippen LogP contribution >= 0.6 is 0 Å². The summed E-state index contributed by atoms with van der Waals surface area (Å²) in [5.74, 6) is 1.87. The zero-order valence-corrected chi connectivity index (χ0v) is 34.0. The first-order valence-electron chi connectivity index (χ1n) is 21.3. The number of hydrogen-bond donors (Lipinski definition) is 0. The van der Waals surface area contributed by atoms with Crippen molar-refractivity contribution in [3.8, 4) is 51.2 Å². The predicted molar refractivity (Wildman–Crippen MR) is 259 cm³/mol. The second-order valence-corrected chi connectivity index (χ2v) is 16.0. The third kappa shape index (κ3) is 5.41. The third-order valence-electron chi connectivity index (χ3n) is 12.5. The molecule has 6 heteroatoms. The van der Waals surface area contributed by atoms with Gasteiger partial charge >= 0.3 is 0 Å². The lowest BCUT2D eigenvalue weighted by atomic mass is 10.1. The van der Waals surface area contributed by atoms with Crippen molar-refractivity contribution in [2.45, 2.75) is 0 Å². The van der Waals surface area contributed by atoms with Crippen LogP contribution in [0.1, 0.15) is 0 Å². The monoisotopic (exact) mass is 804 g/mol. The van der Waals surface area contributed by atoms with Gasteiger partial charge in [0.1, 0.15) is 0 Å². The van der Waals surface area contributed by atoms with Gasteiger partial charge in [-0.05, 0) is 54.6 Å². The molecule has 0 saturated carbocycles. The molecule has 6 nitrogen and oxygen atoms in total. The number of para-hydroxylation sites is 5. The molecule has 63 heavy (non-hydrogen) atoms. The minimum absolute atomic E-state index is 0.610. The van der Waals surface area contributed by atoms with Crippen LogP contribution in [-0.2, 0) is 0 Å². The van der Waals surface area contributed by atoms with E-state index in [2.05, 4.69) is 171 Å². The molecule has 0 N–H and O–H groups in total. The molecule has 0 unspecified atom stereocenters. The highest BCUT2D eigenvalue weighted by molar-refractivity contribution is 6.19. The number of fused-ring (bicyclic) bond motifs is 9. The molecule has 294 valence electrons. The first kappa shape index (κ1) is 35.2. The Labute approximate surface area is 362 Å². The molecule has 0 aliphatic heterocycles. The molecule has 13 aromatic rings. The Morgan fingerprint density at radius 3 is 1.19 bits per heavy atom. The van der Waals surface area contributed by atoms with Gasteiger partial charge in [-0.15, -0.1) is 0 Å². The van der Waals surface area contributed by atoms with Gasteiger partial charge in [0.2, 0.25) is 0 Å². The fourth-order valence-corrected chi connectivity index (χ4v) is 9.80. The van der Waals surface area contributed by atoms with Gasteiger partial charge in [0.15, 0.2) is 17.5 Å². The highest BCUT2D eigenvalue weighted by Crippen LogP contribution is 2.43. The second-order valence-electron chi connectivity index (χ2n) is 16.0. The highest BCUT2D eigenvalue weighted by atomic mass is 15.1. The standard InChI is InChI=1S/C57H36N6/c1-3-18-37(19-4-1)55-58-56(38-20-5-2-6-21-38)60-57(59-55)39-22-15-23-40(36-39)61-50-33-17-34-51(62-46-29-11-7-24-41(46)42-25-8-12-30-47(42)62)53(50)45-28-16-35-52(54(45)61)63-48-31-13-9-26-43(48)44-27-10-14-32-49(44)63/h1-36H. The molecule has 0 aliphatic rings. The van der Waals surface area contributed by atoms with E-state index in [1.807, 2.05) is 60.7 Å². The summed E-state index contributed by atoms with van der Waals surface area (Å²) in [6.45, 7) is 0. The van der Waals surface area contributed by atoms with Gasteiger partial charge in [-0.3, -0.25) is 0 Å². The fraction of sp³-hybridized carbons (Fsp3) is 0. The van der Waals surface area contributed by atoms with Crippen LogP contribution in [0.25, 0.3) is 117 Å². The van der Waals surface area contributed by atoms with Gasteiger partial charge in [-0.2, -0.15) is 0 Å². The van der Waals surface area contributed by atoms with E-state index in [0.717, 1.165) is 61.2 Å². The highest BCUT2D eigenvalue weighted by Gasteiger charge is 2.24. The number of aromatic nitrogens is 6. The maximum atomic E-state index is 5.14. The molecular weight excluding hydrogens is 769 g/mol. The van der Waals surface area contributed by atoms with Crippen LogP contribution in [0.4, 0.5) is 0 Å². The van der Waals surface area contributed by atoms with Crippen molar-refractivity contribution in [2.24, 2.45) is 0 Å². The molecule has 0 amide bonds. The van der Waals surface area contributed by atoms with Crippen molar-refractivity contribution in [3.63, 3.8) is 0 Å². The molecule has 0 spiro atoms. The van der Waals surface area contributed by atoms with Crippen LogP contribution in [0.3, 0.4) is 0 Å². The first-order chi connectivity index (χ1) is 31.3. The van der Waals surface area contributed by atoms with Gasteiger partial charge in [-0.25, -0.2) is 15.0 Å². The quantitative estimate of drug-likeness (QED) is 0.168. The van der Waals surface area contributed by atoms with E-state index in [1.54, 1.807) is 0 Å². The maximum Gasteiger partial charge on any atom is 0.164 e. The number of hydrogen-bond acceptors (Lipinski definition) is 3. The summed E-state index contributed by atoms with van der Waals surface area (Å²) in [4.78, 5) is 15.3. The smallest absolute Gasteiger partial charge is 0.164 e. The molecule has 4 aromatic heterocycles. The minimum atomic E-state index is 0.610. The molecule has 13 rings (SSSR count). The zero-order chi connectivity index (χ0) is 41.4. The predicted octanol–water partition coefficient (Wildman–Crippen LogP) is 14.2. The van der Waals surface area contributed by atoms with E-state index < -0.39 is 0 Å². The number of benzene rings is 9. The van der Waals surface area contributed by atoms with Gasteiger partial charge in [-0.1, -0.05) is 164 Å². The summed E-state index contributed by atoms with van der Waals surface area (Å²) >= 11 is 0. The fourth-order valence-electron chi connectivity index (χ4n) is 9.80. The van der Waals surface area contributed by atoms with Crippen molar-refractivity contribution in [1.29, 1.82) is 0 Å². The van der Waals surface area contributed by atoms with Crippen LogP contribution in [0, 0.1) is 0 Å². The molecular formula is C57H36N6. The van der Waals surface area contributed by atoms with E-state index in [-0.39, 0.29) is 0 Å². The molecule has 0 saturated heterocycles. The van der Waals surface area contributed by atoms with E-state index in [1.165, 1.54) is 38.0 Å². The van der Waals surface area contributed by atoms with Crippen molar-refractivity contribution >= 4 is 65.4 Å². The van der Waals surface area contributed by atoms with Crippen molar-refractivity contribution in [3.05, 3.63) is 218 Å². The Morgan fingerprint density at radius 2 is 0.651 bits per heavy atom. The normalized spacial score (nSPS) is 11.8. The largest absolute Gasteiger partial charge is 0.309 e. The van der Waals surface area contributed by atoms with Crippen LogP contribution in [0.15, 0.2) is 218 Å². The van der Waals surface area contributed by atoms with Gasteiger partial charge in [0, 0.05) is 54.7 Å². The summed E-state index contributed by atoms with van der Waals surface area (Å²) in [7, 11) is 0. The summed E-state index contributed by atoms with van der Waals surface area (Å²) in [5, 5.41) is 7.23. The van der Waals surface area contributed by atoms with E-state index in [9.17, 15) is 0 Å². The van der Waals surface area contributed by atoms with Crippen LogP contribution < -0.4 is 0 Å². The van der Waals surface area contributed by atoms with E-state index in [0.29, 0.717) is 17.5 Å². The average molecular weight is 805 g/mol. The zero-order valence-electron chi connectivity index (χ0n) is 34.0. The molecule has 0 aliphatic carbocycles. The summed E-state index contributed by atoms with van der Waals surface area (Å²) in [6.07, 6.45) is 0. The molecule has 0 bridgehead atoms. The summed E-state index contributed by atoms with van der Waals surface area (Å²) < 4.78 is 7.33. The number of rotatable bonds is 6. The van der Waals surface area contributed by atoms with E-state index in [4.69, 9.17) is 15.0 Å². The topological polar surface area (TPSA) is 53.5 Å². The minimum Gasteiger partial charge on any atom is -0.309 e. The lowest BCUT2D eigenvalue weighted by molar-refractivity contribution is 1.07. The van der Waals surface area contributed by atoms with Crippen molar-refractivity contribution in [2.75, 3.05) is 0 Å². The SMILES string of the molecule is c1ccc(-c2nc(-c3ccccc3)nc(-c3cccc(-n4c5cccc(-n6c7ccccc7c7ccccc76)c5c5cccc(-n6c7ccccc7c7ccccc76)c54)c3)n2)cc1. The van der Waals surface area contributed by atoms with Crippen LogP contribution in [0.2, 0.25) is 0 Å². The first-order valence-corrected chi connectivity index (χ1v) is 21.3. The molecule has 4 heterocycles. The van der Waals surface area contributed by atoms with Gasteiger partial charge in [0.25, 0.3) is 0 Å². The Balaban J connectivity index is 1.13. The van der Waals surface area contributed by atoms with E-state index >= 15 is 0 Å². The van der Waals surface area contributed by atoms with Crippen molar-refractivity contribution in [1.82, 2.24) is 28.7 Å². The Bertz CT molecular complexity index is 3750. The third-order valence-corrected chi connectivity index (χ3v) is 12.5.